The molecule has 23 heavy (non-hydrogen) atoms. The van der Waals surface area contributed by atoms with Crippen LogP contribution in [0.25, 0.3) is 5.57 Å². The van der Waals surface area contributed by atoms with Crippen LogP contribution < -0.4 is 10.2 Å². The Labute approximate surface area is 139 Å². The number of allylic oxidation sites excluding steroid dienone is 2. The molecule has 3 rings (SSSR count). The second-order valence-corrected chi connectivity index (χ2v) is 6.41. The number of hydrogen-bond acceptors (Lipinski definition) is 4. The maximum absolute atomic E-state index is 5.87. The zero-order valence-electron chi connectivity index (χ0n) is 14.2. The van der Waals surface area contributed by atoms with E-state index in [9.17, 15) is 0 Å². The molecule has 4 nitrogen and oxygen atoms in total. The lowest BCUT2D eigenvalue weighted by Crippen LogP contribution is -2.28. The van der Waals surface area contributed by atoms with Gasteiger partial charge in [-0.25, -0.2) is 0 Å². The Bertz CT molecular complexity index is 564. The Hall–Kier alpha value is -1.94. The van der Waals surface area contributed by atoms with Gasteiger partial charge in [-0.15, -0.1) is 0 Å². The fraction of sp³-hybridized carbons (Fsp3) is 0.474. The predicted molar refractivity (Wildman–Crippen MR) is 94.8 cm³/mol. The van der Waals surface area contributed by atoms with Crippen molar-refractivity contribution in [3.05, 3.63) is 48.3 Å². The highest BCUT2D eigenvalue weighted by Gasteiger charge is 2.18. The number of hydrogen-bond donors (Lipinski definition) is 1. The summed E-state index contributed by atoms with van der Waals surface area (Å²) in [5.41, 5.74) is 5.54. The summed E-state index contributed by atoms with van der Waals surface area (Å²) in [6.45, 7) is 5.52. The zero-order valence-corrected chi connectivity index (χ0v) is 14.2. The van der Waals surface area contributed by atoms with Crippen LogP contribution in [0.4, 0.5) is 0 Å². The van der Waals surface area contributed by atoms with Crippen molar-refractivity contribution in [3.63, 3.8) is 0 Å². The molecular weight excluding hydrogens is 286 g/mol. The number of benzene rings is 1. The minimum atomic E-state index is 0.749. The van der Waals surface area contributed by atoms with Crippen molar-refractivity contribution >= 4 is 5.57 Å². The van der Waals surface area contributed by atoms with Gasteiger partial charge in [-0.3, -0.25) is 5.01 Å². The minimum Gasteiger partial charge on any atom is -0.494 e. The number of rotatable bonds is 6. The first-order valence-electron chi connectivity index (χ1n) is 8.57. The molecule has 1 aromatic carbocycles. The van der Waals surface area contributed by atoms with E-state index >= 15 is 0 Å². The van der Waals surface area contributed by atoms with Gasteiger partial charge >= 0.3 is 0 Å². The van der Waals surface area contributed by atoms with Gasteiger partial charge in [0.1, 0.15) is 5.75 Å². The van der Waals surface area contributed by atoms with Gasteiger partial charge in [0.15, 0.2) is 0 Å². The van der Waals surface area contributed by atoms with Crippen molar-refractivity contribution in [1.29, 1.82) is 0 Å². The van der Waals surface area contributed by atoms with E-state index in [1.54, 1.807) is 0 Å². The van der Waals surface area contributed by atoms with Crippen molar-refractivity contribution in [2.24, 2.45) is 0 Å². The van der Waals surface area contributed by atoms with Crippen LogP contribution in [0.3, 0.4) is 0 Å². The molecule has 1 fully saturated rings. The lowest BCUT2D eigenvalue weighted by molar-refractivity contribution is 0.230. The molecule has 1 saturated heterocycles. The van der Waals surface area contributed by atoms with E-state index in [-0.39, 0.29) is 0 Å². The Balaban J connectivity index is 1.44. The van der Waals surface area contributed by atoms with Gasteiger partial charge in [-0.05, 0) is 56.5 Å². The Morgan fingerprint density at radius 3 is 2.74 bits per heavy atom. The third-order valence-corrected chi connectivity index (χ3v) is 4.64. The van der Waals surface area contributed by atoms with Crippen LogP contribution >= 0.6 is 0 Å². The Kier molecular flexibility index (Phi) is 5.23. The van der Waals surface area contributed by atoms with Gasteiger partial charge in [-0.1, -0.05) is 12.1 Å². The predicted octanol–water partition coefficient (Wildman–Crippen LogP) is 3.24. The first kappa shape index (κ1) is 15.9. The average molecular weight is 313 g/mol. The van der Waals surface area contributed by atoms with Gasteiger partial charge in [0, 0.05) is 37.6 Å². The number of nitrogens with zero attached hydrogens (tertiary/aromatic N) is 2. The molecule has 4 heteroatoms. The SMILES string of the molecule is C[C@@H]1CCCN1CCCOc1ccc(C2=CNN(C)C=C2)cc1. The molecule has 2 heterocycles. The van der Waals surface area contributed by atoms with Crippen LogP contribution in [-0.4, -0.2) is 42.7 Å². The summed E-state index contributed by atoms with van der Waals surface area (Å²) in [5.74, 6) is 0.952. The molecule has 0 bridgehead atoms. The van der Waals surface area contributed by atoms with Gasteiger partial charge in [0.05, 0.1) is 6.61 Å². The van der Waals surface area contributed by atoms with Gasteiger partial charge in [0.25, 0.3) is 0 Å². The van der Waals surface area contributed by atoms with Crippen LogP contribution in [0.5, 0.6) is 5.75 Å². The summed E-state index contributed by atoms with van der Waals surface area (Å²) in [7, 11) is 1.98. The molecule has 0 radical (unpaired) electrons. The summed E-state index contributed by atoms with van der Waals surface area (Å²) >= 11 is 0. The van der Waals surface area contributed by atoms with Crippen molar-refractivity contribution in [2.45, 2.75) is 32.2 Å². The van der Waals surface area contributed by atoms with Crippen molar-refractivity contribution in [3.8, 4) is 5.75 Å². The summed E-state index contributed by atoms with van der Waals surface area (Å²) in [5, 5.41) is 1.92. The van der Waals surface area contributed by atoms with E-state index in [1.807, 2.05) is 24.5 Å². The van der Waals surface area contributed by atoms with Gasteiger partial charge in [0.2, 0.25) is 0 Å². The molecule has 0 aliphatic carbocycles. The van der Waals surface area contributed by atoms with E-state index < -0.39 is 0 Å². The summed E-state index contributed by atoms with van der Waals surface area (Å²) in [6.07, 6.45) is 9.90. The van der Waals surface area contributed by atoms with Crippen molar-refractivity contribution < 1.29 is 4.74 Å². The van der Waals surface area contributed by atoms with Crippen LogP contribution in [0.2, 0.25) is 0 Å². The second kappa shape index (κ2) is 7.55. The summed E-state index contributed by atoms with van der Waals surface area (Å²) < 4.78 is 5.87. The highest BCUT2D eigenvalue weighted by Crippen LogP contribution is 2.21. The normalized spacial score (nSPS) is 21.2. The molecule has 124 valence electrons. The molecule has 0 saturated carbocycles. The Morgan fingerprint density at radius 1 is 1.26 bits per heavy atom. The topological polar surface area (TPSA) is 27.7 Å². The molecule has 2 aliphatic heterocycles. The number of likely N-dealkylation sites (tertiary alicyclic amines) is 1. The van der Waals surface area contributed by atoms with Gasteiger partial charge in [-0.2, -0.15) is 0 Å². The third kappa shape index (κ3) is 4.29. The smallest absolute Gasteiger partial charge is 0.119 e. The van der Waals surface area contributed by atoms with E-state index in [4.69, 9.17) is 4.74 Å². The van der Waals surface area contributed by atoms with E-state index in [0.29, 0.717) is 0 Å². The number of nitrogens with one attached hydrogen (secondary N) is 1. The van der Waals surface area contributed by atoms with E-state index in [1.165, 1.54) is 30.5 Å². The van der Waals surface area contributed by atoms with Crippen LogP contribution in [-0.2, 0) is 0 Å². The molecule has 2 aliphatic rings. The first-order valence-corrected chi connectivity index (χ1v) is 8.57. The molecule has 1 aromatic rings. The first-order chi connectivity index (χ1) is 11.2. The summed E-state index contributed by atoms with van der Waals surface area (Å²) in [4.78, 5) is 2.57. The van der Waals surface area contributed by atoms with Crippen molar-refractivity contribution in [2.75, 3.05) is 26.7 Å². The fourth-order valence-electron chi connectivity index (χ4n) is 3.16. The molecular formula is C19H27N3O. The van der Waals surface area contributed by atoms with Crippen LogP contribution in [0.1, 0.15) is 31.7 Å². The lowest BCUT2D eigenvalue weighted by atomic mass is 10.1. The maximum atomic E-state index is 5.87. The van der Waals surface area contributed by atoms with E-state index in [2.05, 4.69) is 47.6 Å². The number of hydrazine groups is 1. The van der Waals surface area contributed by atoms with Crippen LogP contribution in [0, 0.1) is 0 Å². The van der Waals surface area contributed by atoms with Gasteiger partial charge < -0.3 is 15.1 Å². The second-order valence-electron chi connectivity index (χ2n) is 6.41. The van der Waals surface area contributed by atoms with Crippen LogP contribution in [0.15, 0.2) is 42.7 Å². The lowest BCUT2D eigenvalue weighted by Gasteiger charge is -2.20. The van der Waals surface area contributed by atoms with E-state index in [0.717, 1.165) is 31.4 Å². The summed E-state index contributed by atoms with van der Waals surface area (Å²) in [6, 6.07) is 9.09. The number of ether oxygens (including phenoxy) is 1. The maximum Gasteiger partial charge on any atom is 0.119 e. The fourth-order valence-corrected chi connectivity index (χ4v) is 3.16. The Morgan fingerprint density at radius 2 is 2.09 bits per heavy atom. The standard InChI is InChI=1S/C19H27N3O/c1-16-5-3-11-22(16)12-4-14-23-19-8-6-17(7-9-19)18-10-13-21(2)20-15-18/h6-10,13,15-16,20H,3-5,11-12,14H2,1-2H3/t16-/m1/s1. The molecule has 0 aromatic heterocycles. The third-order valence-electron chi connectivity index (χ3n) is 4.64. The molecule has 1 atom stereocenters. The molecule has 0 amide bonds. The highest BCUT2D eigenvalue weighted by atomic mass is 16.5. The van der Waals surface area contributed by atoms with Crippen molar-refractivity contribution in [1.82, 2.24) is 15.3 Å². The highest BCUT2D eigenvalue weighted by molar-refractivity contribution is 5.74. The average Bonchev–Trinajstić information content (AvgIpc) is 2.98. The largest absolute Gasteiger partial charge is 0.494 e. The quantitative estimate of drug-likeness (QED) is 0.816. The monoisotopic (exact) mass is 313 g/mol. The minimum absolute atomic E-state index is 0.749. The molecule has 0 unspecified atom stereocenters. The zero-order chi connectivity index (χ0) is 16.1. The molecule has 0 spiro atoms. The molecule has 1 N–H and O–H groups in total.